The lowest BCUT2D eigenvalue weighted by Crippen LogP contribution is -1.80. The van der Waals surface area contributed by atoms with E-state index >= 15 is 0 Å². The molecule has 0 saturated carbocycles. The third-order valence-electron chi connectivity index (χ3n) is 1.16. The molecule has 0 fully saturated rings. The van der Waals surface area contributed by atoms with Crippen LogP contribution in [0, 0.1) is 0 Å². The van der Waals surface area contributed by atoms with Crippen molar-refractivity contribution in [2.45, 2.75) is 6.61 Å². The molecule has 1 aromatic rings. The van der Waals surface area contributed by atoms with E-state index < -0.39 is 0 Å². The van der Waals surface area contributed by atoms with Crippen LogP contribution in [0.2, 0.25) is 0 Å². The van der Waals surface area contributed by atoms with Gasteiger partial charge in [0, 0.05) is 5.56 Å². The first-order chi connectivity index (χ1) is 5.34. The molecule has 0 aliphatic heterocycles. The van der Waals surface area contributed by atoms with Crippen molar-refractivity contribution in [2.24, 2.45) is 0 Å². The Balaban J connectivity index is 0.000000461. The van der Waals surface area contributed by atoms with Crippen LogP contribution in [0.1, 0.15) is 5.56 Å². The molecule has 0 heterocycles. The smallest absolute Gasteiger partial charge is 0.138 e. The van der Waals surface area contributed by atoms with Crippen LogP contribution in [0.25, 0.3) is 0 Å². The second-order valence-corrected chi connectivity index (χ2v) is 1.79. The van der Waals surface area contributed by atoms with E-state index in [-0.39, 0.29) is 12.4 Å². The van der Waals surface area contributed by atoms with Gasteiger partial charge in [-0.2, -0.15) is 0 Å². The van der Waals surface area contributed by atoms with Crippen LogP contribution in [0.4, 0.5) is 0 Å². The van der Waals surface area contributed by atoms with Gasteiger partial charge in [-0.05, 0) is 6.07 Å². The average Bonchev–Trinajstić information content (AvgIpc) is 2.09. The summed E-state index contributed by atoms with van der Waals surface area (Å²) in [4.78, 5) is 0. The summed E-state index contributed by atoms with van der Waals surface area (Å²) in [6.07, 6.45) is 0. The first-order valence-electron chi connectivity index (χ1n) is 2.92. The van der Waals surface area contributed by atoms with Crippen molar-refractivity contribution in [3.63, 3.8) is 0 Å². The van der Waals surface area contributed by atoms with Gasteiger partial charge in [-0.25, -0.2) is 0 Å². The van der Waals surface area contributed by atoms with E-state index in [9.17, 15) is 0 Å². The van der Waals surface area contributed by atoms with E-state index in [0.717, 1.165) is 0 Å². The summed E-state index contributed by atoms with van der Waals surface area (Å²) in [7, 11) is 1.72. The van der Waals surface area contributed by atoms with E-state index in [1.54, 1.807) is 33.4 Å². The van der Waals surface area contributed by atoms with Crippen LogP contribution in [-0.4, -0.2) is 10.2 Å². The number of hydrogen-bond donors (Lipinski definition) is 2. The molecule has 2 N–H and O–H groups in total. The molecule has 0 unspecified atom stereocenters. The second kappa shape index (κ2) is 5.83. The zero-order chi connectivity index (χ0) is 8.69. The highest BCUT2D eigenvalue weighted by Crippen LogP contribution is 2.14. The topological polar surface area (TPSA) is 57.5 Å². The minimum absolute atomic E-state index is 0.104. The SMILES string of the molecule is O=P.OCc1ccccc1O. The van der Waals surface area contributed by atoms with E-state index in [1.165, 1.54) is 0 Å². The molecule has 0 amide bonds. The number of para-hydroxylation sites is 1. The molecule has 1 rings (SSSR count). The Bertz CT molecular complexity index is 215. The largest absolute Gasteiger partial charge is 0.508 e. The van der Waals surface area contributed by atoms with Crippen molar-refractivity contribution >= 4 is 9.12 Å². The quantitative estimate of drug-likeness (QED) is 0.629. The van der Waals surface area contributed by atoms with Gasteiger partial charge in [0.15, 0.2) is 0 Å². The third-order valence-corrected chi connectivity index (χ3v) is 1.16. The molecule has 0 atom stereocenters. The molecule has 0 aliphatic carbocycles. The number of benzene rings is 1. The maximum atomic E-state index is 8.95. The summed E-state index contributed by atoms with van der Waals surface area (Å²) < 4.78 is 8.06. The molecular weight excluding hydrogens is 163 g/mol. The lowest BCUT2D eigenvalue weighted by atomic mass is 10.2. The molecule has 1 aromatic carbocycles. The predicted octanol–water partition coefficient (Wildman–Crippen LogP) is 1.36. The van der Waals surface area contributed by atoms with Crippen LogP contribution >= 0.6 is 9.12 Å². The van der Waals surface area contributed by atoms with Gasteiger partial charge in [-0.1, -0.05) is 18.2 Å². The van der Waals surface area contributed by atoms with Crippen molar-refractivity contribution < 1.29 is 14.8 Å². The number of hydrogen-bond acceptors (Lipinski definition) is 3. The molecule has 3 nitrogen and oxygen atoms in total. The number of rotatable bonds is 1. The summed E-state index contributed by atoms with van der Waals surface area (Å²) in [6, 6.07) is 6.71. The molecule has 4 heteroatoms. The van der Waals surface area contributed by atoms with Gasteiger partial charge >= 0.3 is 0 Å². The maximum absolute atomic E-state index is 8.95. The summed E-state index contributed by atoms with van der Waals surface area (Å²) >= 11 is 0. The minimum atomic E-state index is -0.104. The normalized spacial score (nSPS) is 8.09. The Morgan fingerprint density at radius 1 is 1.27 bits per heavy atom. The predicted molar refractivity (Wildman–Crippen MR) is 43.0 cm³/mol. The number of aliphatic hydroxyl groups excluding tert-OH is 1. The highest BCUT2D eigenvalue weighted by atomic mass is 31.0. The third kappa shape index (κ3) is 3.12. The highest BCUT2D eigenvalue weighted by molar-refractivity contribution is 7.00. The molecule has 0 spiro atoms. The first-order valence-corrected chi connectivity index (χ1v) is 3.33. The fourth-order valence-electron chi connectivity index (χ4n) is 0.645. The van der Waals surface area contributed by atoms with Crippen molar-refractivity contribution in [2.75, 3.05) is 0 Å². The van der Waals surface area contributed by atoms with Gasteiger partial charge < -0.3 is 10.2 Å². The summed E-state index contributed by atoms with van der Waals surface area (Å²) in [5, 5.41) is 17.5. The Kier molecular flexibility index (Phi) is 5.35. The van der Waals surface area contributed by atoms with Gasteiger partial charge in [0.1, 0.15) is 14.9 Å². The van der Waals surface area contributed by atoms with E-state index in [2.05, 4.69) is 0 Å². The maximum Gasteiger partial charge on any atom is 0.138 e. The molecule has 0 radical (unpaired) electrons. The van der Waals surface area contributed by atoms with Gasteiger partial charge in [-0.15, -0.1) is 0 Å². The van der Waals surface area contributed by atoms with Gasteiger partial charge in [-0.3, -0.25) is 4.57 Å². The number of phenols is 1. The minimum Gasteiger partial charge on any atom is -0.508 e. The Morgan fingerprint density at radius 2 is 1.82 bits per heavy atom. The fraction of sp³-hybridized carbons (Fsp3) is 0.143. The fourth-order valence-corrected chi connectivity index (χ4v) is 0.645. The van der Waals surface area contributed by atoms with Crippen molar-refractivity contribution in [1.82, 2.24) is 0 Å². The van der Waals surface area contributed by atoms with E-state index in [0.29, 0.717) is 5.56 Å². The van der Waals surface area contributed by atoms with Crippen LogP contribution in [-0.2, 0) is 11.2 Å². The summed E-state index contributed by atoms with van der Waals surface area (Å²) in [5.74, 6) is 0.153. The average molecular weight is 172 g/mol. The molecular formula is C7H9O3P. The molecule has 0 saturated heterocycles. The lowest BCUT2D eigenvalue weighted by Gasteiger charge is -1.96. The Labute approximate surface area is 66.9 Å². The molecule has 0 bridgehead atoms. The van der Waals surface area contributed by atoms with Gasteiger partial charge in [0.25, 0.3) is 0 Å². The zero-order valence-corrected chi connectivity index (χ0v) is 6.82. The van der Waals surface area contributed by atoms with Gasteiger partial charge in [0.05, 0.1) is 6.61 Å². The highest BCUT2D eigenvalue weighted by Gasteiger charge is 1.93. The number of aromatic hydroxyl groups is 1. The van der Waals surface area contributed by atoms with Crippen molar-refractivity contribution in [3.8, 4) is 5.75 Å². The van der Waals surface area contributed by atoms with Crippen LogP contribution in [0.15, 0.2) is 24.3 Å². The summed E-state index contributed by atoms with van der Waals surface area (Å²) in [6.45, 7) is -0.104. The van der Waals surface area contributed by atoms with Crippen molar-refractivity contribution in [1.29, 1.82) is 0 Å². The zero-order valence-electron chi connectivity index (χ0n) is 5.82. The standard InChI is InChI=1S/C7H8O2.HOP/c8-5-6-3-1-2-4-7(6)9;1-2/h1-4,8-9H,5H2;2H. The van der Waals surface area contributed by atoms with Crippen LogP contribution in [0.5, 0.6) is 5.75 Å². The number of aliphatic hydroxyl groups is 1. The van der Waals surface area contributed by atoms with Crippen molar-refractivity contribution in [3.05, 3.63) is 29.8 Å². The van der Waals surface area contributed by atoms with Crippen LogP contribution < -0.4 is 0 Å². The van der Waals surface area contributed by atoms with Gasteiger partial charge in [0.2, 0.25) is 0 Å². The molecule has 0 aromatic heterocycles. The molecule has 11 heavy (non-hydrogen) atoms. The first kappa shape index (κ1) is 10.1. The second-order valence-electron chi connectivity index (χ2n) is 1.79. The lowest BCUT2D eigenvalue weighted by molar-refractivity contribution is 0.275. The molecule has 60 valence electrons. The monoisotopic (exact) mass is 172 g/mol. The summed E-state index contributed by atoms with van der Waals surface area (Å²) in [5.41, 5.74) is 0.567. The Hall–Kier alpha value is -0.920. The van der Waals surface area contributed by atoms with E-state index in [4.69, 9.17) is 14.8 Å². The Morgan fingerprint density at radius 3 is 2.18 bits per heavy atom. The molecule has 0 aliphatic rings. The van der Waals surface area contributed by atoms with E-state index in [1.807, 2.05) is 0 Å². The van der Waals surface area contributed by atoms with Crippen LogP contribution in [0.3, 0.4) is 0 Å².